The number of hydrogen-bond acceptors (Lipinski definition) is 2. The van der Waals surface area contributed by atoms with Crippen molar-refractivity contribution in [3.63, 3.8) is 0 Å². The molecule has 0 fully saturated rings. The number of nitrogens with one attached hydrogen (secondary N) is 1. The third-order valence-electron chi connectivity index (χ3n) is 3.96. The van der Waals surface area contributed by atoms with E-state index in [1.807, 2.05) is 6.07 Å². The molecule has 0 unspecified atom stereocenters. The Labute approximate surface area is 145 Å². The van der Waals surface area contributed by atoms with Gasteiger partial charge in [0.2, 0.25) is 0 Å². The van der Waals surface area contributed by atoms with Gasteiger partial charge in [0.15, 0.2) is 0 Å². The summed E-state index contributed by atoms with van der Waals surface area (Å²) in [5.41, 5.74) is 0.991. The van der Waals surface area contributed by atoms with E-state index in [1.54, 1.807) is 42.1 Å². The molecule has 1 aromatic heterocycles. The molecule has 24 heavy (non-hydrogen) atoms. The highest BCUT2D eigenvalue weighted by atomic mass is 35.5. The number of aromatic nitrogens is 1. The van der Waals surface area contributed by atoms with E-state index in [-0.39, 0.29) is 24.0 Å². The van der Waals surface area contributed by atoms with Crippen molar-refractivity contribution in [3.8, 4) is 0 Å². The van der Waals surface area contributed by atoms with Crippen molar-refractivity contribution in [1.82, 2.24) is 9.88 Å². The van der Waals surface area contributed by atoms with Crippen molar-refractivity contribution in [1.29, 1.82) is 0 Å². The molecule has 6 heteroatoms. The SMILES string of the molecule is CNC[C@@H](O)[C@H](c1cccc(F)c1)n1ccc2cccc(F)c21.Cl. The Morgan fingerprint density at radius 1 is 1.12 bits per heavy atom. The molecule has 128 valence electrons. The Balaban J connectivity index is 0.00000208. The van der Waals surface area contributed by atoms with Gasteiger partial charge >= 0.3 is 0 Å². The van der Waals surface area contributed by atoms with Gasteiger partial charge in [-0.05, 0) is 36.9 Å². The molecular formula is C18H19ClF2N2O. The molecule has 0 amide bonds. The van der Waals surface area contributed by atoms with E-state index in [1.165, 1.54) is 18.2 Å². The molecule has 0 radical (unpaired) electrons. The second-order valence-electron chi connectivity index (χ2n) is 5.53. The number of para-hydroxylation sites is 1. The van der Waals surface area contributed by atoms with Gasteiger partial charge in [0.05, 0.1) is 17.7 Å². The van der Waals surface area contributed by atoms with Crippen molar-refractivity contribution in [2.24, 2.45) is 0 Å². The summed E-state index contributed by atoms with van der Waals surface area (Å²) < 4.78 is 29.6. The van der Waals surface area contributed by atoms with Crippen LogP contribution in [0.2, 0.25) is 0 Å². The summed E-state index contributed by atoms with van der Waals surface area (Å²) in [4.78, 5) is 0. The molecular weight excluding hydrogens is 334 g/mol. The number of fused-ring (bicyclic) bond motifs is 1. The van der Waals surface area contributed by atoms with E-state index < -0.39 is 12.1 Å². The van der Waals surface area contributed by atoms with E-state index in [4.69, 9.17) is 0 Å². The van der Waals surface area contributed by atoms with E-state index in [2.05, 4.69) is 5.32 Å². The average Bonchev–Trinajstić information content (AvgIpc) is 2.93. The molecule has 0 bridgehead atoms. The first-order valence-electron chi connectivity index (χ1n) is 7.45. The lowest BCUT2D eigenvalue weighted by Gasteiger charge is -2.26. The lowest BCUT2D eigenvalue weighted by Crippen LogP contribution is -2.33. The molecule has 0 saturated heterocycles. The van der Waals surface area contributed by atoms with Gasteiger partial charge in [-0.25, -0.2) is 8.78 Å². The number of rotatable bonds is 5. The first-order valence-corrected chi connectivity index (χ1v) is 7.45. The first-order chi connectivity index (χ1) is 11.1. The number of hydrogen-bond donors (Lipinski definition) is 2. The van der Waals surface area contributed by atoms with Crippen molar-refractivity contribution in [2.75, 3.05) is 13.6 Å². The molecule has 0 saturated carbocycles. The fourth-order valence-electron chi connectivity index (χ4n) is 2.99. The van der Waals surface area contributed by atoms with Crippen molar-refractivity contribution in [2.45, 2.75) is 12.1 Å². The van der Waals surface area contributed by atoms with Crippen molar-refractivity contribution < 1.29 is 13.9 Å². The van der Waals surface area contributed by atoms with Crippen LogP contribution in [-0.2, 0) is 0 Å². The van der Waals surface area contributed by atoms with Crippen LogP contribution in [0.5, 0.6) is 0 Å². The molecule has 3 rings (SSSR count). The largest absolute Gasteiger partial charge is 0.389 e. The zero-order valence-electron chi connectivity index (χ0n) is 13.1. The predicted molar refractivity (Wildman–Crippen MR) is 93.6 cm³/mol. The smallest absolute Gasteiger partial charge is 0.147 e. The summed E-state index contributed by atoms with van der Waals surface area (Å²) in [7, 11) is 1.72. The van der Waals surface area contributed by atoms with Gasteiger partial charge in [0, 0.05) is 18.1 Å². The second-order valence-corrected chi connectivity index (χ2v) is 5.53. The van der Waals surface area contributed by atoms with Crippen LogP contribution in [0, 0.1) is 11.6 Å². The van der Waals surface area contributed by atoms with E-state index in [0.717, 1.165) is 5.39 Å². The van der Waals surface area contributed by atoms with Crippen molar-refractivity contribution in [3.05, 3.63) is 71.9 Å². The van der Waals surface area contributed by atoms with Gasteiger partial charge in [0.25, 0.3) is 0 Å². The molecule has 0 aliphatic heterocycles. The van der Waals surface area contributed by atoms with Gasteiger partial charge in [-0.1, -0.05) is 24.3 Å². The maximum absolute atomic E-state index is 14.3. The number of aliphatic hydroxyl groups is 1. The second kappa shape index (κ2) is 7.75. The minimum absolute atomic E-state index is 0. The maximum Gasteiger partial charge on any atom is 0.147 e. The van der Waals surface area contributed by atoms with Gasteiger partial charge in [-0.2, -0.15) is 0 Å². The van der Waals surface area contributed by atoms with Gasteiger partial charge in [-0.3, -0.25) is 0 Å². The topological polar surface area (TPSA) is 37.2 Å². The third-order valence-corrected chi connectivity index (χ3v) is 3.96. The van der Waals surface area contributed by atoms with E-state index in [9.17, 15) is 13.9 Å². The number of likely N-dealkylation sites (N-methyl/N-ethyl adjacent to an activating group) is 1. The Morgan fingerprint density at radius 2 is 1.88 bits per heavy atom. The van der Waals surface area contributed by atoms with Gasteiger partial charge in [-0.15, -0.1) is 12.4 Å². The van der Waals surface area contributed by atoms with E-state index in [0.29, 0.717) is 17.6 Å². The maximum atomic E-state index is 14.3. The summed E-state index contributed by atoms with van der Waals surface area (Å²) in [5.74, 6) is -0.758. The van der Waals surface area contributed by atoms with Crippen LogP contribution in [-0.4, -0.2) is 29.4 Å². The van der Waals surface area contributed by atoms with Crippen LogP contribution >= 0.6 is 12.4 Å². The molecule has 2 N–H and O–H groups in total. The van der Waals surface area contributed by atoms with E-state index >= 15 is 0 Å². The van der Waals surface area contributed by atoms with Crippen LogP contribution in [0.3, 0.4) is 0 Å². The highest BCUT2D eigenvalue weighted by Gasteiger charge is 2.25. The zero-order chi connectivity index (χ0) is 16.4. The Kier molecular flexibility index (Phi) is 5.94. The first kappa shape index (κ1) is 18.4. The summed E-state index contributed by atoms with van der Waals surface area (Å²) in [5, 5.41) is 14.2. The quantitative estimate of drug-likeness (QED) is 0.737. The summed E-state index contributed by atoms with van der Waals surface area (Å²) in [6.45, 7) is 0.301. The predicted octanol–water partition coefficient (Wildman–Crippen LogP) is 3.51. The normalized spacial score (nSPS) is 13.5. The van der Waals surface area contributed by atoms with Crippen LogP contribution in [0.4, 0.5) is 8.78 Å². The number of nitrogens with zero attached hydrogens (tertiary/aromatic N) is 1. The zero-order valence-corrected chi connectivity index (χ0v) is 13.9. The third kappa shape index (κ3) is 3.43. The Bertz CT molecular complexity index is 822. The molecule has 1 heterocycles. The average molecular weight is 353 g/mol. The fourth-order valence-corrected chi connectivity index (χ4v) is 2.99. The van der Waals surface area contributed by atoms with Gasteiger partial charge < -0.3 is 15.0 Å². The van der Waals surface area contributed by atoms with Crippen LogP contribution < -0.4 is 5.32 Å². The highest BCUT2D eigenvalue weighted by molar-refractivity contribution is 5.85. The minimum Gasteiger partial charge on any atom is -0.389 e. The molecule has 0 aliphatic carbocycles. The number of halogens is 3. The standard InChI is InChI=1S/C18H18F2N2O.ClH/c1-21-11-16(23)18(13-5-2-6-14(19)10-13)22-9-8-12-4-3-7-15(20)17(12)22;/h2-10,16,18,21,23H,11H2,1H3;1H/t16-,18+;/m1./s1. The molecule has 2 atom stereocenters. The molecule has 0 spiro atoms. The number of aliphatic hydroxyl groups excluding tert-OH is 1. The molecule has 0 aliphatic rings. The molecule has 3 aromatic rings. The lowest BCUT2D eigenvalue weighted by atomic mass is 10.0. The lowest BCUT2D eigenvalue weighted by molar-refractivity contribution is 0.132. The molecule has 2 aromatic carbocycles. The summed E-state index contributed by atoms with van der Waals surface area (Å²) in [6, 6.07) is 12.1. The summed E-state index contributed by atoms with van der Waals surface area (Å²) in [6.07, 6.45) is 0.888. The molecule has 3 nitrogen and oxygen atoms in total. The van der Waals surface area contributed by atoms with Crippen LogP contribution in [0.25, 0.3) is 10.9 Å². The van der Waals surface area contributed by atoms with Gasteiger partial charge in [0.1, 0.15) is 11.6 Å². The monoisotopic (exact) mass is 352 g/mol. The Morgan fingerprint density at radius 3 is 2.58 bits per heavy atom. The number of benzene rings is 2. The fraction of sp³-hybridized carbons (Fsp3) is 0.222. The van der Waals surface area contributed by atoms with Crippen molar-refractivity contribution >= 4 is 23.3 Å². The van der Waals surface area contributed by atoms with Crippen LogP contribution in [0.1, 0.15) is 11.6 Å². The van der Waals surface area contributed by atoms with Crippen LogP contribution in [0.15, 0.2) is 54.7 Å². The Hall–Kier alpha value is -1.95. The highest BCUT2D eigenvalue weighted by Crippen LogP contribution is 2.29. The summed E-state index contributed by atoms with van der Waals surface area (Å²) >= 11 is 0. The minimum atomic E-state index is -0.836.